The fraction of sp³-hybridized carbons (Fsp3) is 0.294. The lowest BCUT2D eigenvalue weighted by molar-refractivity contribution is 0.350. The largest absolute Gasteiger partial charge is 0.397 e. The molecule has 4 aromatic rings. The summed E-state index contributed by atoms with van der Waals surface area (Å²) in [7, 11) is 0. The third-order valence-corrected chi connectivity index (χ3v) is 9.71. The monoisotopic (exact) mass is 562 g/mol. The zero-order valence-electron chi connectivity index (χ0n) is 24.9. The Balaban J connectivity index is 0.000000162. The average molecular weight is 563 g/mol. The van der Waals surface area contributed by atoms with Gasteiger partial charge in [0.25, 0.3) is 0 Å². The average Bonchev–Trinajstić information content (AvgIpc) is 3.40. The molecule has 0 amide bonds. The van der Waals surface area contributed by atoms with Crippen molar-refractivity contribution >= 4 is 45.5 Å². The van der Waals surface area contributed by atoms with Crippen LogP contribution in [-0.2, 0) is 22.7 Å². The number of hydrogen-bond acceptors (Lipinski definition) is 8. The van der Waals surface area contributed by atoms with Crippen LogP contribution in [0.1, 0.15) is 73.9 Å². The van der Waals surface area contributed by atoms with Gasteiger partial charge in [-0.05, 0) is 123 Å². The van der Waals surface area contributed by atoms with Crippen LogP contribution in [0.4, 0.5) is 45.5 Å². The molecule has 0 bridgehead atoms. The van der Waals surface area contributed by atoms with E-state index in [1.54, 1.807) is 0 Å². The summed E-state index contributed by atoms with van der Waals surface area (Å²) >= 11 is 0. The van der Waals surface area contributed by atoms with Crippen molar-refractivity contribution in [3.05, 3.63) is 81.9 Å². The predicted molar refractivity (Wildman–Crippen MR) is 179 cm³/mol. The van der Waals surface area contributed by atoms with Gasteiger partial charge in [0.15, 0.2) is 0 Å². The molecule has 7 rings (SSSR count). The molecule has 218 valence electrons. The van der Waals surface area contributed by atoms with E-state index < -0.39 is 0 Å². The van der Waals surface area contributed by atoms with Gasteiger partial charge >= 0.3 is 0 Å². The highest BCUT2D eigenvalue weighted by molar-refractivity contribution is 5.87. The second-order valence-electron chi connectivity index (χ2n) is 13.7. The minimum absolute atomic E-state index is 0.0327. The molecule has 4 aromatic carbocycles. The van der Waals surface area contributed by atoms with Gasteiger partial charge in [0.1, 0.15) is 0 Å². The Morgan fingerprint density at radius 3 is 1.05 bits per heavy atom. The van der Waals surface area contributed by atoms with E-state index in [9.17, 15) is 0 Å². The highest BCUT2D eigenvalue weighted by Crippen LogP contribution is 2.63. The Morgan fingerprint density at radius 2 is 0.690 bits per heavy atom. The maximum atomic E-state index is 6.20. The number of rotatable bonds is 0. The van der Waals surface area contributed by atoms with E-state index >= 15 is 0 Å². The van der Waals surface area contributed by atoms with Crippen molar-refractivity contribution in [2.24, 2.45) is 0 Å². The van der Waals surface area contributed by atoms with Gasteiger partial charge in [0, 0.05) is 5.41 Å². The minimum Gasteiger partial charge on any atom is -0.397 e. The molecule has 0 radical (unpaired) electrons. The maximum Gasteiger partial charge on any atom is 0.0554 e. The first-order chi connectivity index (χ1) is 19.5. The Morgan fingerprint density at radius 1 is 0.405 bits per heavy atom. The Labute approximate surface area is 247 Å². The van der Waals surface area contributed by atoms with Gasteiger partial charge in [-0.2, -0.15) is 0 Å². The van der Waals surface area contributed by atoms with Crippen LogP contribution in [0.25, 0.3) is 11.1 Å². The minimum atomic E-state index is -0.0820. The molecule has 0 unspecified atom stereocenters. The van der Waals surface area contributed by atoms with E-state index in [0.717, 1.165) is 30.4 Å². The summed E-state index contributed by atoms with van der Waals surface area (Å²) in [5.41, 5.74) is 62.8. The van der Waals surface area contributed by atoms with Crippen molar-refractivity contribution in [2.45, 2.75) is 63.2 Å². The van der Waals surface area contributed by atoms with Gasteiger partial charge in [0.2, 0.25) is 0 Å². The second kappa shape index (κ2) is 8.64. The van der Waals surface area contributed by atoms with Crippen LogP contribution in [0.5, 0.6) is 0 Å². The van der Waals surface area contributed by atoms with E-state index in [1.165, 1.54) is 33.4 Å². The highest BCUT2D eigenvalue weighted by Gasteiger charge is 2.56. The molecule has 16 N–H and O–H groups in total. The fourth-order valence-corrected chi connectivity index (χ4v) is 7.83. The molecule has 0 aromatic heterocycles. The van der Waals surface area contributed by atoms with Crippen LogP contribution in [0.3, 0.4) is 0 Å². The number of nitrogens with two attached hydrogens (primary N) is 8. The van der Waals surface area contributed by atoms with Crippen LogP contribution in [0, 0.1) is 0 Å². The van der Waals surface area contributed by atoms with Crippen molar-refractivity contribution in [1.82, 2.24) is 0 Å². The van der Waals surface area contributed by atoms with E-state index in [-0.39, 0.29) is 16.2 Å². The van der Waals surface area contributed by atoms with E-state index in [2.05, 4.69) is 52.0 Å². The summed E-state index contributed by atoms with van der Waals surface area (Å²) in [5, 5.41) is 0. The summed E-state index contributed by atoms with van der Waals surface area (Å²) < 4.78 is 0. The Hall–Kier alpha value is -4.72. The number of hydrogen-bond donors (Lipinski definition) is 8. The number of benzene rings is 4. The van der Waals surface area contributed by atoms with Crippen LogP contribution in [-0.4, -0.2) is 0 Å². The molecule has 0 atom stereocenters. The molecule has 1 spiro atoms. The van der Waals surface area contributed by atoms with Crippen LogP contribution >= 0.6 is 0 Å². The van der Waals surface area contributed by atoms with Crippen molar-refractivity contribution in [3.63, 3.8) is 0 Å². The number of fused-ring (bicyclic) bond motifs is 7. The van der Waals surface area contributed by atoms with Gasteiger partial charge in [-0.1, -0.05) is 27.7 Å². The van der Waals surface area contributed by atoms with E-state index in [0.29, 0.717) is 45.5 Å². The number of anilines is 8. The summed E-state index contributed by atoms with van der Waals surface area (Å²) in [6.07, 6.45) is 2.88. The third-order valence-electron chi connectivity index (χ3n) is 9.71. The van der Waals surface area contributed by atoms with Gasteiger partial charge in [-0.3, -0.25) is 0 Å². The van der Waals surface area contributed by atoms with Crippen LogP contribution in [0.15, 0.2) is 48.5 Å². The number of nitrogen functional groups attached to an aromatic ring is 8. The lowest BCUT2D eigenvalue weighted by atomic mass is 9.72. The first kappa shape index (κ1) is 27.4. The van der Waals surface area contributed by atoms with Gasteiger partial charge in [-0.25, -0.2) is 0 Å². The molecular formula is C34H42N8. The molecule has 3 aliphatic rings. The standard InChI is InChI=1S/C21H28N4.C13H14N4/c1-19(2)9-21(13-7-17(24)15(22)5-11(13)19)10-20(3,4)12-6-16(23)18(25)8-14(12)21;14-10-2-6-1-7-3-11(15)13(17)5-9(7)8(6)4-12(10)16/h5-8H,9-10,22-25H2,1-4H3;2-5H,1,14-17H2. The zero-order chi connectivity index (χ0) is 30.5. The van der Waals surface area contributed by atoms with E-state index in [1.807, 2.05) is 24.3 Å². The molecule has 8 heteroatoms. The first-order valence-corrected chi connectivity index (χ1v) is 14.3. The molecule has 8 nitrogen and oxygen atoms in total. The van der Waals surface area contributed by atoms with Gasteiger partial charge in [0.05, 0.1) is 45.5 Å². The van der Waals surface area contributed by atoms with Gasteiger partial charge in [-0.15, -0.1) is 0 Å². The normalized spacial score (nSPS) is 17.6. The maximum absolute atomic E-state index is 6.20. The highest BCUT2D eigenvalue weighted by atomic mass is 14.7. The molecule has 3 aliphatic carbocycles. The molecular weight excluding hydrogens is 520 g/mol. The summed E-state index contributed by atoms with van der Waals surface area (Å²) in [6.45, 7) is 9.17. The van der Waals surface area contributed by atoms with Gasteiger partial charge < -0.3 is 45.9 Å². The first-order valence-electron chi connectivity index (χ1n) is 14.3. The molecule has 0 aliphatic heterocycles. The fourth-order valence-electron chi connectivity index (χ4n) is 7.83. The SMILES string of the molecule is CC1(C)CC2(CC(C)(C)c3cc(N)c(N)cc32)c2cc(N)c(N)cc21.Nc1cc2c(cc1N)-c1cc(N)c(N)cc1C2. The van der Waals surface area contributed by atoms with Crippen molar-refractivity contribution in [2.75, 3.05) is 45.9 Å². The predicted octanol–water partition coefficient (Wildman–Crippen LogP) is 5.25. The van der Waals surface area contributed by atoms with E-state index in [4.69, 9.17) is 45.9 Å². The van der Waals surface area contributed by atoms with Crippen LogP contribution in [0.2, 0.25) is 0 Å². The van der Waals surface area contributed by atoms with Crippen molar-refractivity contribution in [1.29, 1.82) is 0 Å². The molecule has 0 saturated carbocycles. The summed E-state index contributed by atoms with van der Waals surface area (Å²) in [5.74, 6) is 0. The quantitative estimate of drug-likeness (QED) is 0.117. The smallest absolute Gasteiger partial charge is 0.0554 e. The lowest BCUT2D eigenvalue weighted by Gasteiger charge is -2.30. The molecule has 0 fully saturated rings. The molecule has 0 heterocycles. The molecule has 42 heavy (non-hydrogen) atoms. The Bertz CT molecular complexity index is 1670. The van der Waals surface area contributed by atoms with Crippen LogP contribution < -0.4 is 45.9 Å². The topological polar surface area (TPSA) is 208 Å². The molecule has 0 saturated heterocycles. The summed E-state index contributed by atoms with van der Waals surface area (Å²) in [6, 6.07) is 16.0. The third kappa shape index (κ3) is 3.89. The Kier molecular flexibility index (Phi) is 5.65. The summed E-state index contributed by atoms with van der Waals surface area (Å²) in [4.78, 5) is 0. The van der Waals surface area contributed by atoms with Crippen molar-refractivity contribution in [3.8, 4) is 11.1 Å². The zero-order valence-corrected chi connectivity index (χ0v) is 24.9. The van der Waals surface area contributed by atoms with Crippen molar-refractivity contribution < 1.29 is 0 Å². The second-order valence-corrected chi connectivity index (χ2v) is 13.7. The lowest BCUT2D eigenvalue weighted by Crippen LogP contribution is -2.27.